The lowest BCUT2D eigenvalue weighted by Crippen LogP contribution is -2.19. The smallest absolute Gasteiger partial charge is 0.251 e. The van der Waals surface area contributed by atoms with Crippen LogP contribution in [0.25, 0.3) is 0 Å². The van der Waals surface area contributed by atoms with Crippen molar-refractivity contribution in [3.63, 3.8) is 0 Å². The predicted molar refractivity (Wildman–Crippen MR) is 68.2 cm³/mol. The van der Waals surface area contributed by atoms with E-state index in [-0.39, 0.29) is 5.82 Å². The third-order valence-corrected chi connectivity index (χ3v) is 3.93. The molecule has 0 aliphatic heterocycles. The molecule has 0 aliphatic rings. The van der Waals surface area contributed by atoms with Gasteiger partial charge in [0.05, 0.1) is 6.54 Å². The van der Waals surface area contributed by atoms with E-state index in [1.807, 2.05) is 11.4 Å². The lowest BCUT2D eigenvalue weighted by Gasteiger charge is -2.17. The van der Waals surface area contributed by atoms with Crippen molar-refractivity contribution in [3.8, 4) is 0 Å². The first-order chi connectivity index (χ1) is 8.47. The van der Waals surface area contributed by atoms with Crippen molar-refractivity contribution in [1.82, 2.24) is 4.98 Å². The van der Waals surface area contributed by atoms with Crippen molar-refractivity contribution in [2.45, 2.75) is 6.54 Å². The number of pyridine rings is 1. The Morgan fingerprint density at radius 3 is 2.61 bits per heavy atom. The third-order valence-electron chi connectivity index (χ3n) is 2.24. The maximum absolute atomic E-state index is 13.5. The zero-order valence-electron chi connectivity index (χ0n) is 9.25. The van der Waals surface area contributed by atoms with Gasteiger partial charge in [-0.2, -0.15) is 9.37 Å². The maximum Gasteiger partial charge on any atom is 0.251 e. The van der Waals surface area contributed by atoms with Gasteiger partial charge >= 0.3 is 0 Å². The molecule has 0 aromatic carbocycles. The highest BCUT2D eigenvalue weighted by Gasteiger charge is 2.15. The Labute approximate surface area is 114 Å². The second kappa shape index (κ2) is 5.27. The van der Waals surface area contributed by atoms with Crippen LogP contribution in [0.3, 0.4) is 0 Å². The summed E-state index contributed by atoms with van der Waals surface area (Å²) in [6.45, 7) is 0.366. The highest BCUT2D eigenvalue weighted by molar-refractivity contribution is 9.10. The summed E-state index contributed by atoms with van der Waals surface area (Å²) in [6.07, 6.45) is 0. The number of hydrogen-bond donors (Lipinski definition) is 0. The van der Waals surface area contributed by atoms with E-state index in [2.05, 4.69) is 20.9 Å². The molecule has 2 aromatic heterocycles. The summed E-state index contributed by atoms with van der Waals surface area (Å²) in [7, 11) is 1.57. The fraction of sp³-hybridized carbons (Fsp3) is 0.182. The van der Waals surface area contributed by atoms with Gasteiger partial charge in [-0.25, -0.2) is 8.78 Å². The first-order valence-corrected chi connectivity index (χ1v) is 6.60. The molecular weight excluding hydrogens is 329 g/mol. The van der Waals surface area contributed by atoms with Crippen molar-refractivity contribution in [1.29, 1.82) is 0 Å². The van der Waals surface area contributed by atoms with Crippen molar-refractivity contribution in [3.05, 3.63) is 44.4 Å². The van der Waals surface area contributed by atoms with Crippen LogP contribution in [0.15, 0.2) is 22.0 Å². The predicted octanol–water partition coefficient (Wildman–Crippen LogP) is 3.96. The van der Waals surface area contributed by atoms with Crippen molar-refractivity contribution >= 4 is 33.1 Å². The molecule has 2 heterocycles. The van der Waals surface area contributed by atoms with Gasteiger partial charge in [0, 0.05) is 27.8 Å². The summed E-state index contributed by atoms with van der Waals surface area (Å²) in [5.74, 6) is -3.68. The summed E-state index contributed by atoms with van der Waals surface area (Å²) in [5, 5.41) is 1.89. The van der Waals surface area contributed by atoms with E-state index in [0.29, 0.717) is 12.6 Å². The molecule has 0 N–H and O–H groups in total. The molecule has 0 saturated carbocycles. The van der Waals surface area contributed by atoms with E-state index in [4.69, 9.17) is 0 Å². The SMILES string of the molecule is CN(Cc1cc(Br)cs1)c1nc(F)c(F)cc1F. The molecule has 0 fully saturated rings. The van der Waals surface area contributed by atoms with Gasteiger partial charge in [0.1, 0.15) is 0 Å². The topological polar surface area (TPSA) is 16.1 Å². The number of nitrogens with zero attached hydrogens (tertiary/aromatic N) is 2. The lowest BCUT2D eigenvalue weighted by molar-refractivity contribution is 0.463. The Balaban J connectivity index is 2.23. The van der Waals surface area contributed by atoms with E-state index < -0.39 is 17.6 Å². The van der Waals surface area contributed by atoms with Gasteiger partial charge in [0.25, 0.3) is 5.95 Å². The van der Waals surface area contributed by atoms with Crippen LogP contribution in [-0.2, 0) is 6.54 Å². The molecule has 2 rings (SSSR count). The quantitative estimate of drug-likeness (QED) is 0.788. The van der Waals surface area contributed by atoms with Crippen LogP contribution in [0.5, 0.6) is 0 Å². The summed E-state index contributed by atoms with van der Waals surface area (Å²) >= 11 is 4.79. The molecule has 0 amide bonds. The Kier molecular flexibility index (Phi) is 3.91. The summed E-state index contributed by atoms with van der Waals surface area (Å²) < 4.78 is 40.1. The van der Waals surface area contributed by atoms with Crippen molar-refractivity contribution in [2.24, 2.45) is 0 Å². The fourth-order valence-electron chi connectivity index (χ4n) is 1.45. The molecule has 96 valence electrons. The minimum absolute atomic E-state index is 0.210. The average Bonchev–Trinajstić information content (AvgIpc) is 2.69. The number of anilines is 1. The van der Waals surface area contributed by atoms with Crippen LogP contribution in [0.4, 0.5) is 19.0 Å². The zero-order chi connectivity index (χ0) is 13.3. The Hall–Kier alpha value is -1.08. The van der Waals surface area contributed by atoms with E-state index >= 15 is 0 Å². The minimum atomic E-state index is -1.30. The van der Waals surface area contributed by atoms with Gasteiger partial charge in [-0.3, -0.25) is 0 Å². The standard InChI is InChI=1S/C11H8BrF3N2S/c1-17(4-7-2-6(12)5-18-7)11-9(14)3-8(13)10(15)16-11/h2-3,5H,4H2,1H3. The number of halogens is 4. The second-order valence-electron chi connectivity index (χ2n) is 3.65. The van der Waals surface area contributed by atoms with Gasteiger partial charge in [-0.15, -0.1) is 11.3 Å². The zero-order valence-corrected chi connectivity index (χ0v) is 11.7. The summed E-state index contributed by atoms with van der Waals surface area (Å²) in [6, 6.07) is 2.37. The Bertz CT molecular complexity index is 573. The van der Waals surface area contributed by atoms with E-state index in [1.165, 1.54) is 16.2 Å². The van der Waals surface area contributed by atoms with Gasteiger partial charge in [0.15, 0.2) is 17.5 Å². The number of thiophene rings is 1. The summed E-state index contributed by atoms with van der Waals surface area (Å²) in [5.41, 5.74) is 0. The largest absolute Gasteiger partial charge is 0.352 e. The monoisotopic (exact) mass is 336 g/mol. The maximum atomic E-state index is 13.5. The summed E-state index contributed by atoms with van der Waals surface area (Å²) in [4.78, 5) is 5.66. The molecule has 2 nitrogen and oxygen atoms in total. The molecule has 0 unspecified atom stereocenters. The Morgan fingerprint density at radius 2 is 2.00 bits per heavy atom. The Morgan fingerprint density at radius 1 is 1.28 bits per heavy atom. The molecule has 2 aromatic rings. The van der Waals surface area contributed by atoms with E-state index in [1.54, 1.807) is 7.05 Å². The minimum Gasteiger partial charge on any atom is -0.352 e. The fourth-order valence-corrected chi connectivity index (χ4v) is 2.95. The molecule has 0 radical (unpaired) electrons. The first kappa shape index (κ1) is 13.4. The van der Waals surface area contributed by atoms with Crippen LogP contribution in [0, 0.1) is 17.6 Å². The first-order valence-electron chi connectivity index (χ1n) is 4.93. The highest BCUT2D eigenvalue weighted by Crippen LogP contribution is 2.24. The average molecular weight is 337 g/mol. The van der Waals surface area contributed by atoms with Crippen LogP contribution >= 0.6 is 27.3 Å². The number of aromatic nitrogens is 1. The number of rotatable bonds is 3. The van der Waals surface area contributed by atoms with Gasteiger partial charge in [0.2, 0.25) is 0 Å². The van der Waals surface area contributed by atoms with E-state index in [0.717, 1.165) is 9.35 Å². The highest BCUT2D eigenvalue weighted by atomic mass is 79.9. The van der Waals surface area contributed by atoms with Gasteiger partial charge < -0.3 is 4.90 Å². The van der Waals surface area contributed by atoms with Gasteiger partial charge in [-0.1, -0.05) is 0 Å². The van der Waals surface area contributed by atoms with Crippen LogP contribution in [-0.4, -0.2) is 12.0 Å². The molecule has 18 heavy (non-hydrogen) atoms. The number of hydrogen-bond acceptors (Lipinski definition) is 3. The van der Waals surface area contributed by atoms with Crippen molar-refractivity contribution in [2.75, 3.05) is 11.9 Å². The third kappa shape index (κ3) is 2.84. The normalized spacial score (nSPS) is 10.7. The lowest BCUT2D eigenvalue weighted by atomic mass is 10.3. The molecular formula is C11H8BrF3N2S. The second-order valence-corrected chi connectivity index (χ2v) is 5.57. The molecule has 0 bridgehead atoms. The van der Waals surface area contributed by atoms with Crippen LogP contribution in [0.2, 0.25) is 0 Å². The van der Waals surface area contributed by atoms with Crippen molar-refractivity contribution < 1.29 is 13.2 Å². The van der Waals surface area contributed by atoms with E-state index in [9.17, 15) is 13.2 Å². The van der Waals surface area contributed by atoms with Gasteiger partial charge in [-0.05, 0) is 22.0 Å². The molecule has 7 heteroatoms. The molecule has 0 aliphatic carbocycles. The van der Waals surface area contributed by atoms with Crippen LogP contribution < -0.4 is 4.90 Å². The molecule has 0 saturated heterocycles. The van der Waals surface area contributed by atoms with Crippen LogP contribution in [0.1, 0.15) is 4.88 Å². The molecule has 0 spiro atoms. The molecule has 0 atom stereocenters.